The highest BCUT2D eigenvalue weighted by Gasteiger charge is 2.30. The fourth-order valence-electron chi connectivity index (χ4n) is 2.63. The molecule has 0 amide bonds. The van der Waals surface area contributed by atoms with Crippen molar-refractivity contribution in [3.05, 3.63) is 23.8 Å². The Hall–Kier alpha value is -1.18. The van der Waals surface area contributed by atoms with Crippen LogP contribution in [0.15, 0.2) is 18.2 Å². The zero-order valence-electron chi connectivity index (χ0n) is 12.2. The second kappa shape index (κ2) is 5.64. The number of aryl methyl sites for hydroxylation is 1. The van der Waals surface area contributed by atoms with E-state index in [1.54, 1.807) is 0 Å². The van der Waals surface area contributed by atoms with E-state index in [2.05, 4.69) is 56.4 Å². The maximum atomic E-state index is 3.74. The summed E-state index contributed by atoms with van der Waals surface area (Å²) in [5.74, 6) is 0.911. The highest BCUT2D eigenvalue weighted by Crippen LogP contribution is 2.36. The topological polar surface area (TPSA) is 15.3 Å². The molecular weight excluding hydrogens is 220 g/mol. The Morgan fingerprint density at radius 1 is 1.33 bits per heavy atom. The van der Waals surface area contributed by atoms with Gasteiger partial charge in [0, 0.05) is 31.5 Å². The summed E-state index contributed by atoms with van der Waals surface area (Å²) >= 11 is 0. The van der Waals surface area contributed by atoms with Gasteiger partial charge in [0.05, 0.1) is 0 Å². The van der Waals surface area contributed by atoms with Crippen molar-refractivity contribution >= 4 is 11.4 Å². The second-order valence-electron chi connectivity index (χ2n) is 5.77. The normalized spacial score (nSPS) is 16.4. The molecule has 1 atom stereocenters. The molecule has 1 unspecified atom stereocenters. The molecule has 2 rings (SSSR count). The van der Waals surface area contributed by atoms with E-state index < -0.39 is 0 Å². The summed E-state index contributed by atoms with van der Waals surface area (Å²) < 4.78 is 0. The Balaban J connectivity index is 2.10. The van der Waals surface area contributed by atoms with Gasteiger partial charge in [-0.15, -0.1) is 0 Å². The van der Waals surface area contributed by atoms with Gasteiger partial charge in [-0.05, 0) is 49.8 Å². The highest BCUT2D eigenvalue weighted by molar-refractivity contribution is 5.62. The lowest BCUT2D eigenvalue weighted by Gasteiger charge is -2.22. The second-order valence-corrected chi connectivity index (χ2v) is 5.77. The number of hydrogen-bond acceptors (Lipinski definition) is 2. The van der Waals surface area contributed by atoms with Crippen LogP contribution in [0.2, 0.25) is 0 Å². The Kier molecular flexibility index (Phi) is 4.15. The summed E-state index contributed by atoms with van der Waals surface area (Å²) in [5.41, 5.74) is 3.92. The molecule has 18 heavy (non-hydrogen) atoms. The Bertz CT molecular complexity index is 394. The van der Waals surface area contributed by atoms with Gasteiger partial charge >= 0.3 is 0 Å². The molecule has 1 aliphatic carbocycles. The standard InChI is InChI=1S/C16H26N2/c1-5-6-15(13-8-9-13)17-14-10-7-12(2)16(11-14)18(3)4/h7,10-11,13,15,17H,5-6,8-9H2,1-4H3. The first-order valence-corrected chi connectivity index (χ1v) is 7.16. The van der Waals surface area contributed by atoms with E-state index in [4.69, 9.17) is 0 Å². The highest BCUT2D eigenvalue weighted by atomic mass is 15.1. The van der Waals surface area contributed by atoms with Crippen LogP contribution in [0, 0.1) is 12.8 Å². The minimum atomic E-state index is 0.674. The predicted molar refractivity (Wildman–Crippen MR) is 80.5 cm³/mol. The Labute approximate surface area is 111 Å². The molecule has 100 valence electrons. The molecule has 0 saturated heterocycles. The third-order valence-corrected chi connectivity index (χ3v) is 3.83. The fourth-order valence-corrected chi connectivity index (χ4v) is 2.63. The Morgan fingerprint density at radius 2 is 2.06 bits per heavy atom. The molecule has 0 aromatic heterocycles. The van der Waals surface area contributed by atoms with Crippen molar-refractivity contribution in [2.45, 2.75) is 45.6 Å². The monoisotopic (exact) mass is 246 g/mol. The minimum absolute atomic E-state index is 0.674. The predicted octanol–water partition coefficient (Wildman–Crippen LogP) is 4.05. The van der Waals surface area contributed by atoms with Crippen LogP contribution in [-0.4, -0.2) is 20.1 Å². The molecule has 0 radical (unpaired) electrons. The lowest BCUT2D eigenvalue weighted by atomic mass is 10.1. The average molecular weight is 246 g/mol. The van der Waals surface area contributed by atoms with Gasteiger partial charge in [-0.25, -0.2) is 0 Å². The summed E-state index contributed by atoms with van der Waals surface area (Å²) in [7, 11) is 4.22. The van der Waals surface area contributed by atoms with Gasteiger partial charge in [0.25, 0.3) is 0 Å². The van der Waals surface area contributed by atoms with Crippen molar-refractivity contribution in [3.8, 4) is 0 Å². The average Bonchev–Trinajstić information content (AvgIpc) is 3.14. The van der Waals surface area contributed by atoms with Gasteiger partial charge in [0.15, 0.2) is 0 Å². The van der Waals surface area contributed by atoms with Crippen LogP contribution in [0.4, 0.5) is 11.4 Å². The fraction of sp³-hybridized carbons (Fsp3) is 0.625. The first-order valence-electron chi connectivity index (χ1n) is 7.16. The molecule has 1 N–H and O–H groups in total. The van der Waals surface area contributed by atoms with E-state index in [1.165, 1.54) is 42.6 Å². The zero-order valence-corrected chi connectivity index (χ0v) is 12.2. The van der Waals surface area contributed by atoms with E-state index >= 15 is 0 Å². The number of nitrogens with zero attached hydrogens (tertiary/aromatic N) is 1. The van der Waals surface area contributed by atoms with Crippen LogP contribution >= 0.6 is 0 Å². The van der Waals surface area contributed by atoms with Crippen LogP contribution in [0.5, 0.6) is 0 Å². The first kappa shape index (κ1) is 13.3. The van der Waals surface area contributed by atoms with E-state index in [1.807, 2.05) is 0 Å². The molecule has 1 saturated carbocycles. The van der Waals surface area contributed by atoms with Crippen molar-refractivity contribution in [1.29, 1.82) is 0 Å². The van der Waals surface area contributed by atoms with Crippen molar-refractivity contribution in [2.75, 3.05) is 24.3 Å². The van der Waals surface area contributed by atoms with E-state index in [9.17, 15) is 0 Å². The van der Waals surface area contributed by atoms with Crippen LogP contribution in [0.3, 0.4) is 0 Å². The van der Waals surface area contributed by atoms with Gasteiger partial charge in [-0.2, -0.15) is 0 Å². The summed E-state index contributed by atoms with van der Waals surface area (Å²) in [6, 6.07) is 7.38. The molecule has 0 heterocycles. The lowest BCUT2D eigenvalue weighted by molar-refractivity contribution is 0.578. The van der Waals surface area contributed by atoms with Crippen molar-refractivity contribution in [2.24, 2.45) is 5.92 Å². The van der Waals surface area contributed by atoms with Crippen LogP contribution in [0.1, 0.15) is 38.2 Å². The lowest BCUT2D eigenvalue weighted by Crippen LogP contribution is -2.22. The largest absolute Gasteiger partial charge is 0.382 e. The SMILES string of the molecule is CCCC(Nc1ccc(C)c(N(C)C)c1)C1CC1. The number of rotatable bonds is 6. The summed E-state index contributed by atoms with van der Waals surface area (Å²) in [6.07, 6.45) is 5.37. The maximum Gasteiger partial charge on any atom is 0.0411 e. The quantitative estimate of drug-likeness (QED) is 0.814. The van der Waals surface area contributed by atoms with Gasteiger partial charge < -0.3 is 10.2 Å². The van der Waals surface area contributed by atoms with Crippen molar-refractivity contribution in [3.63, 3.8) is 0 Å². The molecule has 1 aromatic carbocycles. The minimum Gasteiger partial charge on any atom is -0.382 e. The van der Waals surface area contributed by atoms with Crippen LogP contribution < -0.4 is 10.2 Å². The first-order chi connectivity index (χ1) is 8.61. The third kappa shape index (κ3) is 3.18. The van der Waals surface area contributed by atoms with Gasteiger partial charge in [0.1, 0.15) is 0 Å². The number of nitrogens with one attached hydrogen (secondary N) is 1. The van der Waals surface area contributed by atoms with Crippen molar-refractivity contribution < 1.29 is 0 Å². The van der Waals surface area contributed by atoms with Crippen molar-refractivity contribution in [1.82, 2.24) is 0 Å². The molecule has 0 aliphatic heterocycles. The van der Waals surface area contributed by atoms with Gasteiger partial charge in [0.2, 0.25) is 0 Å². The number of benzene rings is 1. The van der Waals surface area contributed by atoms with Gasteiger partial charge in [-0.1, -0.05) is 19.4 Å². The van der Waals surface area contributed by atoms with Gasteiger partial charge in [-0.3, -0.25) is 0 Å². The van der Waals surface area contributed by atoms with E-state index in [0.717, 1.165) is 5.92 Å². The third-order valence-electron chi connectivity index (χ3n) is 3.83. The maximum absolute atomic E-state index is 3.74. The molecule has 1 aromatic rings. The molecule has 0 bridgehead atoms. The summed E-state index contributed by atoms with van der Waals surface area (Å²) in [6.45, 7) is 4.45. The van der Waals surface area contributed by atoms with Crippen LogP contribution in [-0.2, 0) is 0 Å². The van der Waals surface area contributed by atoms with Crippen LogP contribution in [0.25, 0.3) is 0 Å². The molecule has 2 nitrogen and oxygen atoms in total. The zero-order chi connectivity index (χ0) is 13.1. The Morgan fingerprint density at radius 3 is 2.61 bits per heavy atom. The van der Waals surface area contributed by atoms with E-state index in [-0.39, 0.29) is 0 Å². The molecular formula is C16H26N2. The smallest absolute Gasteiger partial charge is 0.0411 e. The molecule has 0 spiro atoms. The van der Waals surface area contributed by atoms with E-state index in [0.29, 0.717) is 6.04 Å². The summed E-state index contributed by atoms with van der Waals surface area (Å²) in [4.78, 5) is 2.19. The molecule has 1 aliphatic rings. The number of anilines is 2. The number of hydrogen-bond donors (Lipinski definition) is 1. The molecule has 2 heteroatoms. The summed E-state index contributed by atoms with van der Waals surface area (Å²) in [5, 5.41) is 3.74. The molecule has 1 fully saturated rings.